The van der Waals surface area contributed by atoms with Crippen LogP contribution in [0.1, 0.15) is 33.3 Å². The molecule has 0 aliphatic rings. The van der Waals surface area contributed by atoms with Crippen LogP contribution in [-0.2, 0) is 0 Å². The summed E-state index contributed by atoms with van der Waals surface area (Å²) >= 11 is 0. The molecule has 0 N–H and O–H groups in total. The molecule has 0 amide bonds. The Morgan fingerprint density at radius 1 is 1.20 bits per heavy atom. The van der Waals surface area contributed by atoms with Crippen molar-refractivity contribution < 1.29 is 0 Å². The first-order chi connectivity index (χ1) is 7.15. The zero-order chi connectivity index (χ0) is 11.3. The molecule has 0 fully saturated rings. The maximum absolute atomic E-state index is 4.64. The summed E-state index contributed by atoms with van der Waals surface area (Å²) in [7, 11) is 0. The van der Waals surface area contributed by atoms with Crippen molar-refractivity contribution in [3.05, 3.63) is 47.7 Å². The molecule has 0 spiro atoms. The zero-order valence-electron chi connectivity index (χ0n) is 9.99. The van der Waals surface area contributed by atoms with Crippen LogP contribution in [0.25, 0.3) is 0 Å². The molecule has 0 aliphatic carbocycles. The van der Waals surface area contributed by atoms with Crippen LogP contribution >= 0.6 is 0 Å². The van der Waals surface area contributed by atoms with E-state index in [0.717, 1.165) is 11.4 Å². The third-order valence-corrected chi connectivity index (χ3v) is 2.38. The first kappa shape index (κ1) is 11.7. The third kappa shape index (κ3) is 3.35. The van der Waals surface area contributed by atoms with Gasteiger partial charge in [0, 0.05) is 11.4 Å². The average molecular weight is 201 g/mol. The predicted molar refractivity (Wildman–Crippen MR) is 67.2 cm³/mol. The fraction of sp³-hybridized carbons (Fsp3) is 0.357. The zero-order valence-corrected chi connectivity index (χ0v) is 9.99. The highest BCUT2D eigenvalue weighted by atomic mass is 14.8. The van der Waals surface area contributed by atoms with Gasteiger partial charge in [0.1, 0.15) is 0 Å². The molecule has 0 bridgehead atoms. The molecule has 1 rings (SSSR count). The van der Waals surface area contributed by atoms with Crippen LogP contribution in [-0.4, -0.2) is 5.71 Å². The SMILES string of the molecule is C/C=C(\N=C(C)c1ccccc1)C(C)C. The van der Waals surface area contributed by atoms with E-state index in [4.69, 9.17) is 0 Å². The molecule has 0 unspecified atom stereocenters. The lowest BCUT2D eigenvalue weighted by molar-refractivity contribution is 0.756. The van der Waals surface area contributed by atoms with Crippen molar-refractivity contribution in [1.29, 1.82) is 0 Å². The average Bonchev–Trinajstić information content (AvgIpc) is 2.26. The van der Waals surface area contributed by atoms with Crippen LogP contribution in [0.3, 0.4) is 0 Å². The number of hydrogen-bond donors (Lipinski definition) is 0. The van der Waals surface area contributed by atoms with Gasteiger partial charge >= 0.3 is 0 Å². The van der Waals surface area contributed by atoms with E-state index < -0.39 is 0 Å². The van der Waals surface area contributed by atoms with Crippen molar-refractivity contribution in [1.82, 2.24) is 0 Å². The van der Waals surface area contributed by atoms with Crippen molar-refractivity contribution in [2.75, 3.05) is 0 Å². The standard InChI is InChI=1S/C14H19N/c1-5-14(11(2)3)15-12(4)13-9-7-6-8-10-13/h5-11H,1-4H3/b14-5-,15-12?. The summed E-state index contributed by atoms with van der Waals surface area (Å²) in [4.78, 5) is 4.64. The second-order valence-electron chi connectivity index (χ2n) is 3.93. The monoisotopic (exact) mass is 201 g/mol. The second kappa shape index (κ2) is 5.50. The Hall–Kier alpha value is -1.37. The van der Waals surface area contributed by atoms with Gasteiger partial charge in [0.05, 0.1) is 0 Å². The van der Waals surface area contributed by atoms with E-state index in [2.05, 4.69) is 44.0 Å². The number of benzene rings is 1. The normalized spacial score (nSPS) is 13.4. The summed E-state index contributed by atoms with van der Waals surface area (Å²) in [5.41, 5.74) is 3.42. The van der Waals surface area contributed by atoms with Crippen LogP contribution in [0.15, 0.2) is 47.1 Å². The number of nitrogens with zero attached hydrogens (tertiary/aromatic N) is 1. The highest BCUT2D eigenvalue weighted by Gasteiger charge is 2.01. The summed E-state index contributed by atoms with van der Waals surface area (Å²) in [5, 5.41) is 0. The van der Waals surface area contributed by atoms with Crippen LogP contribution in [0.5, 0.6) is 0 Å². The molecule has 0 saturated carbocycles. The quantitative estimate of drug-likeness (QED) is 0.654. The molecule has 0 heterocycles. The Morgan fingerprint density at radius 2 is 1.80 bits per heavy atom. The summed E-state index contributed by atoms with van der Waals surface area (Å²) < 4.78 is 0. The predicted octanol–water partition coefficient (Wildman–Crippen LogP) is 4.06. The molecule has 80 valence electrons. The summed E-state index contributed by atoms with van der Waals surface area (Å²) in [6.45, 7) is 8.42. The first-order valence-corrected chi connectivity index (χ1v) is 5.42. The van der Waals surface area contributed by atoms with Gasteiger partial charge in [0.15, 0.2) is 0 Å². The smallest absolute Gasteiger partial charge is 0.0448 e. The van der Waals surface area contributed by atoms with Crippen LogP contribution in [0.2, 0.25) is 0 Å². The molecule has 0 saturated heterocycles. The fourth-order valence-electron chi connectivity index (χ4n) is 1.46. The van der Waals surface area contributed by atoms with Gasteiger partial charge < -0.3 is 0 Å². The van der Waals surface area contributed by atoms with Gasteiger partial charge in [0.25, 0.3) is 0 Å². The Balaban J connectivity index is 2.94. The van der Waals surface area contributed by atoms with Gasteiger partial charge in [-0.15, -0.1) is 0 Å². The largest absolute Gasteiger partial charge is 0.258 e. The number of rotatable bonds is 3. The Kier molecular flexibility index (Phi) is 4.29. The van der Waals surface area contributed by atoms with Crippen molar-refractivity contribution in [2.24, 2.45) is 10.9 Å². The molecule has 15 heavy (non-hydrogen) atoms. The molecule has 0 aromatic heterocycles. The van der Waals surface area contributed by atoms with E-state index in [1.165, 1.54) is 5.56 Å². The molecule has 0 atom stereocenters. The minimum atomic E-state index is 0.480. The maximum Gasteiger partial charge on any atom is 0.0448 e. The Bertz CT molecular complexity index is 358. The molecule has 1 aromatic rings. The number of allylic oxidation sites excluding steroid dienone is 2. The molecule has 0 aliphatic heterocycles. The van der Waals surface area contributed by atoms with Gasteiger partial charge in [-0.1, -0.05) is 50.3 Å². The third-order valence-electron chi connectivity index (χ3n) is 2.38. The molecular weight excluding hydrogens is 182 g/mol. The van der Waals surface area contributed by atoms with E-state index >= 15 is 0 Å². The van der Waals surface area contributed by atoms with E-state index in [1.54, 1.807) is 0 Å². The molecule has 1 heteroatoms. The lowest BCUT2D eigenvalue weighted by Crippen LogP contribution is -1.98. The maximum atomic E-state index is 4.64. The van der Waals surface area contributed by atoms with Gasteiger partial charge in [-0.05, 0) is 25.3 Å². The van der Waals surface area contributed by atoms with E-state index in [0.29, 0.717) is 5.92 Å². The van der Waals surface area contributed by atoms with Crippen molar-refractivity contribution >= 4 is 5.71 Å². The highest BCUT2D eigenvalue weighted by Crippen LogP contribution is 2.13. The molecular formula is C14H19N. The first-order valence-electron chi connectivity index (χ1n) is 5.42. The van der Waals surface area contributed by atoms with E-state index in [9.17, 15) is 0 Å². The molecule has 0 radical (unpaired) electrons. The van der Waals surface area contributed by atoms with Gasteiger partial charge in [0.2, 0.25) is 0 Å². The van der Waals surface area contributed by atoms with Gasteiger partial charge in [-0.2, -0.15) is 0 Å². The van der Waals surface area contributed by atoms with Crippen LogP contribution in [0.4, 0.5) is 0 Å². The molecule has 1 aromatic carbocycles. The molecule has 1 nitrogen and oxygen atoms in total. The fourth-order valence-corrected chi connectivity index (χ4v) is 1.46. The van der Waals surface area contributed by atoms with E-state index in [-0.39, 0.29) is 0 Å². The highest BCUT2D eigenvalue weighted by molar-refractivity contribution is 5.99. The minimum absolute atomic E-state index is 0.480. The van der Waals surface area contributed by atoms with Crippen molar-refractivity contribution in [3.63, 3.8) is 0 Å². The number of hydrogen-bond acceptors (Lipinski definition) is 1. The van der Waals surface area contributed by atoms with Crippen LogP contribution in [0, 0.1) is 5.92 Å². The second-order valence-corrected chi connectivity index (χ2v) is 3.93. The minimum Gasteiger partial charge on any atom is -0.258 e. The topological polar surface area (TPSA) is 12.4 Å². The lowest BCUT2D eigenvalue weighted by atomic mass is 10.1. The van der Waals surface area contributed by atoms with Gasteiger partial charge in [-0.25, -0.2) is 0 Å². The summed E-state index contributed by atoms with van der Waals surface area (Å²) in [6, 6.07) is 10.3. The van der Waals surface area contributed by atoms with Gasteiger partial charge in [-0.3, -0.25) is 4.99 Å². The van der Waals surface area contributed by atoms with Crippen LogP contribution < -0.4 is 0 Å². The number of aliphatic imine (C=N–C) groups is 1. The Morgan fingerprint density at radius 3 is 2.27 bits per heavy atom. The van der Waals surface area contributed by atoms with E-state index in [1.807, 2.05) is 25.1 Å². The summed E-state index contributed by atoms with van der Waals surface area (Å²) in [5.74, 6) is 0.480. The summed E-state index contributed by atoms with van der Waals surface area (Å²) in [6.07, 6.45) is 2.08. The lowest BCUT2D eigenvalue weighted by Gasteiger charge is -2.07. The van der Waals surface area contributed by atoms with Crippen molar-refractivity contribution in [3.8, 4) is 0 Å². The Labute approximate surface area is 92.6 Å². The van der Waals surface area contributed by atoms with Crippen molar-refractivity contribution in [2.45, 2.75) is 27.7 Å².